The van der Waals surface area contributed by atoms with Gasteiger partial charge in [-0.2, -0.15) is 0 Å². The minimum Gasteiger partial charge on any atom is -0.342 e. The molecule has 1 aromatic carbocycles. The average molecular weight is 302 g/mol. The molecular formula is C18H26N2O2. The van der Waals surface area contributed by atoms with Crippen molar-refractivity contribution in [3.63, 3.8) is 0 Å². The fraction of sp³-hybridized carbons (Fsp3) is 0.556. The second kappa shape index (κ2) is 7.97. The van der Waals surface area contributed by atoms with Crippen LogP contribution in [0.4, 0.5) is 5.69 Å². The Morgan fingerprint density at radius 1 is 1.23 bits per heavy atom. The van der Waals surface area contributed by atoms with Crippen LogP contribution in [0.15, 0.2) is 24.3 Å². The molecule has 1 N–H and O–H groups in total. The highest BCUT2D eigenvalue weighted by Crippen LogP contribution is 2.28. The van der Waals surface area contributed by atoms with E-state index < -0.39 is 0 Å². The van der Waals surface area contributed by atoms with E-state index in [0.29, 0.717) is 13.0 Å². The third kappa shape index (κ3) is 4.86. The normalized spacial score (nSPS) is 14.8. The van der Waals surface area contributed by atoms with Gasteiger partial charge in [0.15, 0.2) is 0 Å². The molecule has 4 nitrogen and oxygen atoms in total. The summed E-state index contributed by atoms with van der Waals surface area (Å²) in [7, 11) is 1.76. The largest absolute Gasteiger partial charge is 0.342 e. The minimum absolute atomic E-state index is 0.0161. The van der Waals surface area contributed by atoms with Gasteiger partial charge >= 0.3 is 0 Å². The van der Waals surface area contributed by atoms with Gasteiger partial charge in [-0.1, -0.05) is 43.9 Å². The van der Waals surface area contributed by atoms with Gasteiger partial charge in [0.25, 0.3) is 0 Å². The van der Waals surface area contributed by atoms with Gasteiger partial charge in [0.1, 0.15) is 0 Å². The van der Waals surface area contributed by atoms with Crippen molar-refractivity contribution in [3.05, 3.63) is 29.8 Å². The Hall–Kier alpha value is -1.84. The molecule has 1 aliphatic carbocycles. The molecule has 4 heteroatoms. The Kier molecular flexibility index (Phi) is 5.99. The first-order chi connectivity index (χ1) is 10.6. The monoisotopic (exact) mass is 302 g/mol. The molecule has 2 rings (SSSR count). The van der Waals surface area contributed by atoms with E-state index in [-0.39, 0.29) is 11.8 Å². The summed E-state index contributed by atoms with van der Waals surface area (Å²) in [5.41, 5.74) is 1.78. The summed E-state index contributed by atoms with van der Waals surface area (Å²) in [6.45, 7) is 2.05. The van der Waals surface area contributed by atoms with Crippen molar-refractivity contribution in [2.75, 3.05) is 12.4 Å². The van der Waals surface area contributed by atoms with Gasteiger partial charge in [0.05, 0.1) is 0 Å². The number of hydrogen-bond acceptors (Lipinski definition) is 2. The highest BCUT2D eigenvalue weighted by Gasteiger charge is 2.16. The Bertz CT molecular complexity index is 522. The quantitative estimate of drug-likeness (QED) is 0.873. The summed E-state index contributed by atoms with van der Waals surface area (Å²) in [5.74, 6) is 0.817. The lowest BCUT2D eigenvalue weighted by molar-refractivity contribution is -0.128. The van der Waals surface area contributed by atoms with Crippen molar-refractivity contribution < 1.29 is 9.59 Å². The molecule has 1 fully saturated rings. The maximum atomic E-state index is 12.1. The number of amides is 2. The highest BCUT2D eigenvalue weighted by atomic mass is 16.2. The summed E-state index contributed by atoms with van der Waals surface area (Å²) in [4.78, 5) is 25.2. The molecule has 0 heterocycles. The molecule has 0 atom stereocenters. The standard InChI is InChI=1S/C18H26N2O2/c1-14(21)20(2)13-16-9-5-6-10-17(16)19-18(22)12-11-15-7-3-4-8-15/h5-6,9-10,15H,3-4,7-8,11-13H2,1-2H3,(H,19,22). The Morgan fingerprint density at radius 3 is 2.59 bits per heavy atom. The predicted molar refractivity (Wildman–Crippen MR) is 88.4 cm³/mol. The number of para-hydroxylation sites is 1. The molecule has 0 radical (unpaired) electrons. The molecule has 0 saturated heterocycles. The molecule has 22 heavy (non-hydrogen) atoms. The Balaban J connectivity index is 1.90. The lowest BCUT2D eigenvalue weighted by Crippen LogP contribution is -2.24. The van der Waals surface area contributed by atoms with E-state index in [4.69, 9.17) is 0 Å². The van der Waals surface area contributed by atoms with Crippen LogP contribution >= 0.6 is 0 Å². The number of benzene rings is 1. The summed E-state index contributed by atoms with van der Waals surface area (Å²) < 4.78 is 0. The van der Waals surface area contributed by atoms with E-state index in [0.717, 1.165) is 23.6 Å². The van der Waals surface area contributed by atoms with Gasteiger partial charge in [-0.25, -0.2) is 0 Å². The number of nitrogens with zero attached hydrogens (tertiary/aromatic N) is 1. The van der Waals surface area contributed by atoms with Crippen molar-refractivity contribution in [1.29, 1.82) is 0 Å². The van der Waals surface area contributed by atoms with Crippen molar-refractivity contribution >= 4 is 17.5 Å². The van der Waals surface area contributed by atoms with E-state index in [9.17, 15) is 9.59 Å². The topological polar surface area (TPSA) is 49.4 Å². The molecule has 0 aromatic heterocycles. The number of rotatable bonds is 6. The summed E-state index contributed by atoms with van der Waals surface area (Å²) in [6.07, 6.45) is 6.74. The van der Waals surface area contributed by atoms with E-state index in [1.54, 1.807) is 18.9 Å². The van der Waals surface area contributed by atoms with Gasteiger partial charge in [-0.3, -0.25) is 9.59 Å². The zero-order valence-electron chi connectivity index (χ0n) is 13.6. The van der Waals surface area contributed by atoms with Gasteiger partial charge in [0.2, 0.25) is 11.8 Å². The van der Waals surface area contributed by atoms with Crippen LogP contribution in [0.5, 0.6) is 0 Å². The van der Waals surface area contributed by atoms with Crippen LogP contribution in [0.2, 0.25) is 0 Å². The first-order valence-electron chi connectivity index (χ1n) is 8.15. The zero-order chi connectivity index (χ0) is 15.9. The minimum atomic E-state index is 0.0161. The number of nitrogens with one attached hydrogen (secondary N) is 1. The molecule has 1 aliphatic rings. The Labute approximate surface area is 132 Å². The van der Waals surface area contributed by atoms with E-state index >= 15 is 0 Å². The van der Waals surface area contributed by atoms with Crippen LogP contribution in [0, 0.1) is 5.92 Å². The zero-order valence-corrected chi connectivity index (χ0v) is 13.6. The molecule has 0 aliphatic heterocycles. The van der Waals surface area contributed by atoms with Crippen molar-refractivity contribution in [1.82, 2.24) is 4.90 Å². The molecular weight excluding hydrogens is 276 g/mol. The molecule has 0 unspecified atom stereocenters. The van der Waals surface area contributed by atoms with Crippen LogP contribution < -0.4 is 5.32 Å². The molecule has 1 aromatic rings. The fourth-order valence-corrected chi connectivity index (χ4v) is 2.99. The van der Waals surface area contributed by atoms with E-state index in [1.165, 1.54) is 25.7 Å². The maximum Gasteiger partial charge on any atom is 0.224 e. The third-order valence-electron chi connectivity index (χ3n) is 4.49. The third-order valence-corrected chi connectivity index (χ3v) is 4.49. The predicted octanol–water partition coefficient (Wildman–Crippen LogP) is 3.57. The van der Waals surface area contributed by atoms with E-state index in [2.05, 4.69) is 5.32 Å². The van der Waals surface area contributed by atoms with Crippen molar-refractivity contribution in [2.24, 2.45) is 5.92 Å². The number of hydrogen-bond donors (Lipinski definition) is 1. The van der Waals surface area contributed by atoms with Crippen LogP contribution in [-0.2, 0) is 16.1 Å². The van der Waals surface area contributed by atoms with Crippen molar-refractivity contribution in [2.45, 2.75) is 52.0 Å². The maximum absolute atomic E-state index is 12.1. The highest BCUT2D eigenvalue weighted by molar-refractivity contribution is 5.91. The number of carbonyl (C=O) groups excluding carboxylic acids is 2. The second-order valence-electron chi connectivity index (χ2n) is 6.27. The fourth-order valence-electron chi connectivity index (χ4n) is 2.99. The Morgan fingerprint density at radius 2 is 1.91 bits per heavy atom. The van der Waals surface area contributed by atoms with E-state index in [1.807, 2.05) is 24.3 Å². The summed E-state index contributed by atoms with van der Waals surface area (Å²) >= 11 is 0. The second-order valence-corrected chi connectivity index (χ2v) is 6.27. The average Bonchev–Trinajstić information content (AvgIpc) is 3.00. The number of carbonyl (C=O) groups is 2. The molecule has 2 amide bonds. The van der Waals surface area contributed by atoms with Crippen LogP contribution in [0.3, 0.4) is 0 Å². The van der Waals surface area contributed by atoms with Crippen LogP contribution in [0.1, 0.15) is 51.0 Å². The SMILES string of the molecule is CC(=O)N(C)Cc1ccccc1NC(=O)CCC1CCCC1. The van der Waals surface area contributed by atoms with Gasteiger partial charge in [-0.05, 0) is 24.0 Å². The first-order valence-corrected chi connectivity index (χ1v) is 8.15. The smallest absolute Gasteiger partial charge is 0.224 e. The van der Waals surface area contributed by atoms with Crippen molar-refractivity contribution in [3.8, 4) is 0 Å². The number of anilines is 1. The summed E-state index contributed by atoms with van der Waals surface area (Å²) in [6, 6.07) is 7.68. The molecule has 1 saturated carbocycles. The molecule has 0 bridgehead atoms. The lowest BCUT2D eigenvalue weighted by Gasteiger charge is -2.18. The first kappa shape index (κ1) is 16.5. The lowest BCUT2D eigenvalue weighted by atomic mass is 10.0. The van der Waals surface area contributed by atoms with Gasteiger partial charge in [0, 0.05) is 32.6 Å². The van der Waals surface area contributed by atoms with Gasteiger partial charge < -0.3 is 10.2 Å². The van der Waals surface area contributed by atoms with Crippen LogP contribution in [-0.4, -0.2) is 23.8 Å². The molecule has 120 valence electrons. The van der Waals surface area contributed by atoms with Crippen LogP contribution in [0.25, 0.3) is 0 Å². The molecule has 0 spiro atoms. The van der Waals surface area contributed by atoms with Gasteiger partial charge in [-0.15, -0.1) is 0 Å². The summed E-state index contributed by atoms with van der Waals surface area (Å²) in [5, 5.41) is 3.00.